The van der Waals surface area contributed by atoms with Crippen LogP contribution >= 0.6 is 0 Å². The van der Waals surface area contributed by atoms with Gasteiger partial charge in [-0.05, 0) is 31.8 Å². The molecule has 0 spiro atoms. The zero-order chi connectivity index (χ0) is 11.2. The van der Waals surface area contributed by atoms with Gasteiger partial charge in [0.15, 0.2) is 0 Å². The lowest BCUT2D eigenvalue weighted by Crippen LogP contribution is -2.15. The second kappa shape index (κ2) is 15.4. The van der Waals surface area contributed by atoms with Crippen LogP contribution in [0.2, 0.25) is 0 Å². The molecule has 0 aliphatic carbocycles. The van der Waals surface area contributed by atoms with Crippen LogP contribution in [0, 0.1) is 5.92 Å². The quantitative estimate of drug-likeness (QED) is 0.580. The Morgan fingerprint density at radius 3 is 2.07 bits per heavy atom. The molecule has 0 unspecified atom stereocenters. The number of hydrogen-bond donors (Lipinski definition) is 1. The van der Waals surface area contributed by atoms with Crippen LogP contribution in [-0.2, 0) is 0 Å². The minimum Gasteiger partial charge on any atom is -0.317 e. The summed E-state index contributed by atoms with van der Waals surface area (Å²) in [6.45, 7) is 13.2. The summed E-state index contributed by atoms with van der Waals surface area (Å²) in [5.74, 6) is 0.883. The van der Waals surface area contributed by atoms with Crippen LogP contribution in [0.1, 0.15) is 66.7 Å². The molecule has 0 fully saturated rings. The van der Waals surface area contributed by atoms with E-state index in [1.807, 2.05) is 13.8 Å². The normalized spacial score (nSPS) is 9.86. The van der Waals surface area contributed by atoms with Crippen molar-refractivity contribution < 1.29 is 0 Å². The van der Waals surface area contributed by atoms with Gasteiger partial charge in [-0.25, -0.2) is 0 Å². The van der Waals surface area contributed by atoms with Crippen molar-refractivity contribution in [3.63, 3.8) is 0 Å². The van der Waals surface area contributed by atoms with E-state index in [1.165, 1.54) is 45.2 Å². The molecule has 1 heteroatoms. The summed E-state index contributed by atoms with van der Waals surface area (Å²) in [7, 11) is 0. The number of hydrogen-bond acceptors (Lipinski definition) is 1. The first kappa shape index (κ1) is 16.4. The molecular formula is C13H31N. The van der Waals surface area contributed by atoms with Gasteiger partial charge in [-0.1, -0.05) is 53.9 Å². The van der Waals surface area contributed by atoms with Gasteiger partial charge in [-0.15, -0.1) is 0 Å². The van der Waals surface area contributed by atoms with Crippen LogP contribution in [0.3, 0.4) is 0 Å². The van der Waals surface area contributed by atoms with Gasteiger partial charge in [0, 0.05) is 0 Å². The molecule has 0 aliphatic rings. The van der Waals surface area contributed by atoms with Crippen molar-refractivity contribution in [1.29, 1.82) is 0 Å². The standard InChI is InChI=1S/C11H25N.C2H6/c1-4-9-12-10-7-5-6-8-11(2)3;1-2/h11-12H,4-10H2,1-3H3;1-2H3. The van der Waals surface area contributed by atoms with Crippen LogP contribution < -0.4 is 5.32 Å². The average molecular weight is 201 g/mol. The van der Waals surface area contributed by atoms with E-state index in [1.54, 1.807) is 0 Å². The Balaban J connectivity index is 0. The summed E-state index contributed by atoms with van der Waals surface area (Å²) in [6.07, 6.45) is 6.81. The number of nitrogens with one attached hydrogen (secondary N) is 1. The van der Waals surface area contributed by atoms with E-state index >= 15 is 0 Å². The molecule has 0 aliphatic heterocycles. The molecular weight excluding hydrogens is 170 g/mol. The van der Waals surface area contributed by atoms with Gasteiger partial charge < -0.3 is 5.32 Å². The van der Waals surface area contributed by atoms with Crippen molar-refractivity contribution in [1.82, 2.24) is 5.32 Å². The molecule has 0 radical (unpaired) electrons. The van der Waals surface area contributed by atoms with E-state index in [4.69, 9.17) is 0 Å². The molecule has 88 valence electrons. The van der Waals surface area contributed by atoms with Crippen molar-refractivity contribution >= 4 is 0 Å². The van der Waals surface area contributed by atoms with Crippen LogP contribution in [-0.4, -0.2) is 13.1 Å². The fraction of sp³-hybridized carbons (Fsp3) is 1.00. The SMILES string of the molecule is CC.CCCNCCCCCC(C)C. The van der Waals surface area contributed by atoms with Crippen molar-refractivity contribution in [2.75, 3.05) is 13.1 Å². The molecule has 0 saturated heterocycles. The Morgan fingerprint density at radius 1 is 0.929 bits per heavy atom. The predicted octanol–water partition coefficient (Wildman–Crippen LogP) is 4.23. The molecule has 0 aromatic rings. The zero-order valence-electron chi connectivity index (χ0n) is 11.0. The molecule has 0 aromatic heterocycles. The fourth-order valence-electron chi connectivity index (χ4n) is 1.28. The summed E-state index contributed by atoms with van der Waals surface area (Å²) < 4.78 is 0. The fourth-order valence-corrected chi connectivity index (χ4v) is 1.28. The van der Waals surface area contributed by atoms with Crippen molar-refractivity contribution in [2.45, 2.75) is 66.7 Å². The van der Waals surface area contributed by atoms with Gasteiger partial charge in [0.05, 0.1) is 0 Å². The first-order chi connectivity index (χ1) is 6.77. The van der Waals surface area contributed by atoms with Gasteiger partial charge in [-0.2, -0.15) is 0 Å². The zero-order valence-corrected chi connectivity index (χ0v) is 11.0. The second-order valence-electron chi connectivity index (χ2n) is 3.99. The molecule has 0 heterocycles. The maximum atomic E-state index is 3.42. The summed E-state index contributed by atoms with van der Waals surface area (Å²) >= 11 is 0. The van der Waals surface area contributed by atoms with Crippen molar-refractivity contribution in [3.8, 4) is 0 Å². The highest BCUT2D eigenvalue weighted by molar-refractivity contribution is 4.50. The van der Waals surface area contributed by atoms with E-state index in [9.17, 15) is 0 Å². The Hall–Kier alpha value is -0.0400. The minimum atomic E-state index is 0.883. The summed E-state index contributed by atoms with van der Waals surface area (Å²) in [4.78, 5) is 0. The highest BCUT2D eigenvalue weighted by Gasteiger charge is 1.93. The van der Waals surface area contributed by atoms with Crippen LogP contribution in [0.4, 0.5) is 0 Å². The molecule has 0 saturated carbocycles. The van der Waals surface area contributed by atoms with Gasteiger partial charge in [-0.3, -0.25) is 0 Å². The third-order valence-electron chi connectivity index (χ3n) is 2.06. The predicted molar refractivity (Wildman–Crippen MR) is 67.8 cm³/mol. The number of rotatable bonds is 8. The summed E-state index contributed by atoms with van der Waals surface area (Å²) in [6, 6.07) is 0. The van der Waals surface area contributed by atoms with E-state index in [0.29, 0.717) is 0 Å². The maximum Gasteiger partial charge on any atom is -0.00489 e. The monoisotopic (exact) mass is 201 g/mol. The Kier molecular flexibility index (Phi) is 18.1. The largest absolute Gasteiger partial charge is 0.317 e. The Bertz CT molecular complexity index is 79.3. The number of unbranched alkanes of at least 4 members (excludes halogenated alkanes) is 2. The van der Waals surface area contributed by atoms with E-state index in [-0.39, 0.29) is 0 Å². The van der Waals surface area contributed by atoms with Crippen molar-refractivity contribution in [3.05, 3.63) is 0 Å². The lowest BCUT2D eigenvalue weighted by molar-refractivity contribution is 0.515. The van der Waals surface area contributed by atoms with E-state index in [2.05, 4.69) is 26.1 Å². The first-order valence-electron chi connectivity index (χ1n) is 6.48. The third kappa shape index (κ3) is 17.9. The highest BCUT2D eigenvalue weighted by Crippen LogP contribution is 2.07. The Labute approximate surface area is 91.7 Å². The lowest BCUT2D eigenvalue weighted by Gasteiger charge is -2.04. The topological polar surface area (TPSA) is 12.0 Å². The molecule has 0 bridgehead atoms. The first-order valence-corrected chi connectivity index (χ1v) is 6.48. The van der Waals surface area contributed by atoms with Gasteiger partial charge in [0.1, 0.15) is 0 Å². The smallest absolute Gasteiger partial charge is 0.00489 e. The van der Waals surface area contributed by atoms with Crippen LogP contribution in [0.15, 0.2) is 0 Å². The molecule has 0 atom stereocenters. The van der Waals surface area contributed by atoms with Gasteiger partial charge in [0.2, 0.25) is 0 Å². The second-order valence-corrected chi connectivity index (χ2v) is 3.99. The molecule has 14 heavy (non-hydrogen) atoms. The summed E-state index contributed by atoms with van der Waals surface area (Å²) in [5.41, 5.74) is 0. The molecule has 0 rings (SSSR count). The lowest BCUT2D eigenvalue weighted by atomic mass is 10.1. The maximum absolute atomic E-state index is 3.42. The van der Waals surface area contributed by atoms with Crippen molar-refractivity contribution in [2.24, 2.45) is 5.92 Å². The van der Waals surface area contributed by atoms with Gasteiger partial charge >= 0.3 is 0 Å². The van der Waals surface area contributed by atoms with E-state index in [0.717, 1.165) is 5.92 Å². The van der Waals surface area contributed by atoms with E-state index < -0.39 is 0 Å². The molecule has 0 aromatic carbocycles. The molecule has 1 nitrogen and oxygen atoms in total. The Morgan fingerprint density at radius 2 is 1.57 bits per heavy atom. The average Bonchev–Trinajstić information content (AvgIpc) is 2.19. The van der Waals surface area contributed by atoms with Crippen LogP contribution in [0.5, 0.6) is 0 Å². The third-order valence-corrected chi connectivity index (χ3v) is 2.06. The molecule has 1 N–H and O–H groups in total. The minimum absolute atomic E-state index is 0.883. The van der Waals surface area contributed by atoms with Gasteiger partial charge in [0.25, 0.3) is 0 Å². The summed E-state index contributed by atoms with van der Waals surface area (Å²) in [5, 5.41) is 3.42. The molecule has 0 amide bonds. The highest BCUT2D eigenvalue weighted by atomic mass is 14.8. The van der Waals surface area contributed by atoms with Crippen LogP contribution in [0.25, 0.3) is 0 Å².